The van der Waals surface area contributed by atoms with E-state index in [1.54, 1.807) is 6.07 Å². The van der Waals surface area contributed by atoms with Gasteiger partial charge in [0.05, 0.1) is 11.5 Å². The van der Waals surface area contributed by atoms with Crippen molar-refractivity contribution in [2.75, 3.05) is 0 Å². The first-order valence-corrected chi connectivity index (χ1v) is 6.36. The Hall–Kier alpha value is -1.43. The van der Waals surface area contributed by atoms with Crippen LogP contribution < -0.4 is 11.5 Å². The SMILES string of the molecule is NC(=O)c1ccc(C2CC(C(N)=O)C2Br)cc1F. The maximum absolute atomic E-state index is 13.6. The Morgan fingerprint density at radius 3 is 2.44 bits per heavy atom. The molecular weight excluding hydrogens is 303 g/mol. The van der Waals surface area contributed by atoms with Crippen LogP contribution in [0.5, 0.6) is 0 Å². The smallest absolute Gasteiger partial charge is 0.251 e. The van der Waals surface area contributed by atoms with Crippen molar-refractivity contribution in [1.29, 1.82) is 0 Å². The molecule has 2 amide bonds. The molecule has 6 heteroatoms. The van der Waals surface area contributed by atoms with Crippen molar-refractivity contribution in [2.45, 2.75) is 17.2 Å². The van der Waals surface area contributed by atoms with Gasteiger partial charge in [0.15, 0.2) is 0 Å². The molecule has 1 aromatic rings. The maximum atomic E-state index is 13.6. The Balaban J connectivity index is 2.20. The summed E-state index contributed by atoms with van der Waals surface area (Å²) in [6, 6.07) is 4.31. The molecular formula is C12H12BrFN2O2. The van der Waals surface area contributed by atoms with Crippen LogP contribution in [-0.4, -0.2) is 16.6 Å². The topological polar surface area (TPSA) is 86.2 Å². The molecule has 1 aliphatic carbocycles. The van der Waals surface area contributed by atoms with Crippen molar-refractivity contribution in [3.05, 3.63) is 35.1 Å². The van der Waals surface area contributed by atoms with Crippen LogP contribution >= 0.6 is 15.9 Å². The minimum atomic E-state index is -0.793. The molecule has 96 valence electrons. The average molecular weight is 315 g/mol. The van der Waals surface area contributed by atoms with Crippen molar-refractivity contribution in [2.24, 2.45) is 17.4 Å². The Labute approximate surface area is 112 Å². The standard InChI is InChI=1S/C12H12BrFN2O2/c13-10-7(4-8(10)12(16)18)5-1-2-6(11(15)17)9(14)3-5/h1-3,7-8,10H,4H2,(H2,15,17)(H2,16,18). The van der Waals surface area contributed by atoms with Gasteiger partial charge in [-0.15, -0.1) is 0 Å². The zero-order valence-electron chi connectivity index (χ0n) is 9.40. The molecule has 0 radical (unpaired) electrons. The number of rotatable bonds is 3. The van der Waals surface area contributed by atoms with Gasteiger partial charge in [0.2, 0.25) is 5.91 Å². The third kappa shape index (κ3) is 2.12. The second-order valence-corrected chi connectivity index (χ2v) is 5.46. The van der Waals surface area contributed by atoms with Gasteiger partial charge in [0.25, 0.3) is 5.91 Å². The predicted octanol–water partition coefficient (Wildman–Crippen LogP) is 1.28. The number of carbonyl (C=O) groups excluding carboxylic acids is 2. The molecule has 0 bridgehead atoms. The third-order valence-corrected chi connectivity index (χ3v) is 4.61. The Kier molecular flexibility index (Phi) is 3.38. The van der Waals surface area contributed by atoms with Gasteiger partial charge < -0.3 is 11.5 Å². The van der Waals surface area contributed by atoms with Crippen molar-refractivity contribution >= 4 is 27.7 Å². The second-order valence-electron chi connectivity index (χ2n) is 4.40. The van der Waals surface area contributed by atoms with E-state index in [0.29, 0.717) is 6.42 Å². The van der Waals surface area contributed by atoms with E-state index < -0.39 is 11.7 Å². The minimum absolute atomic E-state index is 0.0268. The highest BCUT2D eigenvalue weighted by atomic mass is 79.9. The van der Waals surface area contributed by atoms with Gasteiger partial charge >= 0.3 is 0 Å². The first-order valence-electron chi connectivity index (χ1n) is 5.44. The van der Waals surface area contributed by atoms with Gasteiger partial charge in [-0.25, -0.2) is 4.39 Å². The fourth-order valence-electron chi connectivity index (χ4n) is 2.17. The Morgan fingerprint density at radius 2 is 2.00 bits per heavy atom. The maximum Gasteiger partial charge on any atom is 0.251 e. The number of halogens is 2. The summed E-state index contributed by atoms with van der Waals surface area (Å²) < 4.78 is 13.6. The summed E-state index contributed by atoms with van der Waals surface area (Å²) in [7, 11) is 0. The van der Waals surface area contributed by atoms with Gasteiger partial charge in [-0.3, -0.25) is 9.59 Å². The molecule has 4 nitrogen and oxygen atoms in total. The van der Waals surface area contributed by atoms with Gasteiger partial charge in [0.1, 0.15) is 5.82 Å². The molecule has 1 fully saturated rings. The summed E-state index contributed by atoms with van der Waals surface area (Å²) in [6.07, 6.45) is 0.584. The van der Waals surface area contributed by atoms with E-state index in [1.807, 2.05) is 0 Å². The molecule has 3 atom stereocenters. The number of alkyl halides is 1. The molecule has 0 saturated heterocycles. The number of benzene rings is 1. The predicted molar refractivity (Wildman–Crippen MR) is 67.7 cm³/mol. The van der Waals surface area contributed by atoms with Crippen molar-refractivity contribution in [3.63, 3.8) is 0 Å². The third-order valence-electron chi connectivity index (χ3n) is 3.33. The number of nitrogens with two attached hydrogens (primary N) is 2. The Bertz CT molecular complexity index is 521. The molecule has 1 saturated carbocycles. The molecule has 0 heterocycles. The van der Waals surface area contributed by atoms with Gasteiger partial charge in [0, 0.05) is 4.83 Å². The highest BCUT2D eigenvalue weighted by Crippen LogP contribution is 2.46. The number of carbonyl (C=O) groups is 2. The largest absolute Gasteiger partial charge is 0.369 e. The minimum Gasteiger partial charge on any atom is -0.369 e. The van der Waals surface area contributed by atoms with Crippen LogP contribution in [0.25, 0.3) is 0 Å². The monoisotopic (exact) mass is 314 g/mol. The van der Waals surface area contributed by atoms with E-state index in [-0.39, 0.29) is 28.1 Å². The molecule has 0 aliphatic heterocycles. The lowest BCUT2D eigenvalue weighted by Crippen LogP contribution is -2.44. The van der Waals surface area contributed by atoms with E-state index in [9.17, 15) is 14.0 Å². The summed E-state index contributed by atoms with van der Waals surface area (Å²) in [5.41, 5.74) is 10.8. The highest BCUT2D eigenvalue weighted by Gasteiger charge is 2.43. The first-order chi connectivity index (χ1) is 8.41. The lowest BCUT2D eigenvalue weighted by molar-refractivity contribution is -0.124. The van der Waals surface area contributed by atoms with Crippen molar-refractivity contribution in [1.82, 2.24) is 0 Å². The van der Waals surface area contributed by atoms with Crippen LogP contribution in [0.2, 0.25) is 0 Å². The number of amides is 2. The van der Waals surface area contributed by atoms with Crippen LogP contribution in [0, 0.1) is 11.7 Å². The lowest BCUT2D eigenvalue weighted by Gasteiger charge is -2.39. The molecule has 18 heavy (non-hydrogen) atoms. The van der Waals surface area contributed by atoms with E-state index in [0.717, 1.165) is 5.56 Å². The van der Waals surface area contributed by atoms with E-state index in [2.05, 4.69) is 15.9 Å². The number of hydrogen-bond donors (Lipinski definition) is 2. The summed E-state index contributed by atoms with van der Waals surface area (Å²) >= 11 is 3.39. The van der Waals surface area contributed by atoms with E-state index >= 15 is 0 Å². The molecule has 4 N–H and O–H groups in total. The zero-order valence-corrected chi connectivity index (χ0v) is 11.0. The van der Waals surface area contributed by atoms with Gasteiger partial charge in [-0.1, -0.05) is 22.0 Å². The molecule has 3 unspecified atom stereocenters. The van der Waals surface area contributed by atoms with Crippen molar-refractivity contribution in [3.8, 4) is 0 Å². The molecule has 0 aromatic heterocycles. The summed E-state index contributed by atoms with van der Waals surface area (Å²) in [4.78, 5) is 21.9. The second kappa shape index (κ2) is 4.68. The number of primary amides is 2. The lowest BCUT2D eigenvalue weighted by atomic mass is 9.71. The van der Waals surface area contributed by atoms with Crippen LogP contribution in [0.4, 0.5) is 4.39 Å². The van der Waals surface area contributed by atoms with Gasteiger partial charge in [-0.05, 0) is 30.0 Å². The zero-order chi connectivity index (χ0) is 13.4. The fraction of sp³-hybridized carbons (Fsp3) is 0.333. The Morgan fingerprint density at radius 1 is 1.33 bits per heavy atom. The van der Waals surface area contributed by atoms with Gasteiger partial charge in [-0.2, -0.15) is 0 Å². The first kappa shape index (κ1) is 13.0. The molecule has 2 rings (SSSR count). The summed E-state index contributed by atoms with van der Waals surface area (Å²) in [5.74, 6) is -1.99. The van der Waals surface area contributed by atoms with Crippen LogP contribution in [0.3, 0.4) is 0 Å². The van der Waals surface area contributed by atoms with E-state index in [4.69, 9.17) is 11.5 Å². The molecule has 1 aromatic carbocycles. The quantitative estimate of drug-likeness (QED) is 0.823. The number of hydrogen-bond acceptors (Lipinski definition) is 2. The molecule has 1 aliphatic rings. The van der Waals surface area contributed by atoms with E-state index in [1.165, 1.54) is 12.1 Å². The fourth-order valence-corrected chi connectivity index (χ4v) is 3.17. The van der Waals surface area contributed by atoms with Crippen molar-refractivity contribution < 1.29 is 14.0 Å². The molecule has 0 spiro atoms. The summed E-state index contributed by atoms with van der Waals surface area (Å²) in [6.45, 7) is 0. The van der Waals surface area contributed by atoms with Crippen LogP contribution in [-0.2, 0) is 4.79 Å². The van der Waals surface area contributed by atoms with Crippen LogP contribution in [0.15, 0.2) is 18.2 Å². The normalized spacial score (nSPS) is 26.4. The highest BCUT2D eigenvalue weighted by molar-refractivity contribution is 9.09. The average Bonchev–Trinajstić information content (AvgIpc) is 2.26. The summed E-state index contributed by atoms with van der Waals surface area (Å²) in [5, 5.41) is 0. The van der Waals surface area contributed by atoms with Crippen LogP contribution in [0.1, 0.15) is 28.3 Å².